The van der Waals surface area contributed by atoms with Crippen molar-refractivity contribution in [1.29, 1.82) is 0 Å². The lowest BCUT2D eigenvalue weighted by molar-refractivity contribution is -0.124. The maximum absolute atomic E-state index is 13.5. The van der Waals surface area contributed by atoms with Crippen LogP contribution in [0.15, 0.2) is 48.7 Å². The number of benzene rings is 1. The molecule has 3 aromatic rings. The molecule has 2 saturated carbocycles. The number of fused-ring (bicyclic) bond motifs is 1. The maximum Gasteiger partial charge on any atom is 0.230 e. The van der Waals surface area contributed by atoms with Crippen molar-refractivity contribution in [2.24, 2.45) is 5.73 Å². The first-order valence-electron chi connectivity index (χ1n) is 15.9. The van der Waals surface area contributed by atoms with E-state index in [9.17, 15) is 4.79 Å². The molecule has 0 spiro atoms. The predicted molar refractivity (Wildman–Crippen MR) is 164 cm³/mol. The standard InChI is InChI=1S/C32H42N8O3/c33-22-10-12-23(13-11-22)36-32-37-30(27-31(38-32)40(19-34-27)25-8-4-5-9-25)35-24-14-16-39(17-15-24)28(21-6-2-1-3-7-21)29(41)26-18-42-20-43-26/h1-3,6-7,18-19,22-25,28H,4-5,8-17,20,33H2,(H2,35,36,37,38). The Balaban J connectivity index is 1.10. The second kappa shape index (κ2) is 12.5. The van der Waals surface area contributed by atoms with Gasteiger partial charge in [-0.1, -0.05) is 43.2 Å². The highest BCUT2D eigenvalue weighted by Crippen LogP contribution is 2.35. The van der Waals surface area contributed by atoms with E-state index >= 15 is 0 Å². The molecule has 1 atom stereocenters. The number of Topliss-reactive ketones (excluding diaryl/α,β-unsaturated/α-hetero) is 1. The lowest BCUT2D eigenvalue weighted by Gasteiger charge is -2.37. The van der Waals surface area contributed by atoms with E-state index in [-0.39, 0.29) is 24.4 Å². The molecular formula is C32H42N8O3. The number of rotatable bonds is 9. The van der Waals surface area contributed by atoms with Gasteiger partial charge in [0.2, 0.25) is 24.3 Å². The second-order valence-electron chi connectivity index (χ2n) is 12.5. The molecule has 3 fully saturated rings. The Labute approximate surface area is 252 Å². The van der Waals surface area contributed by atoms with Crippen molar-refractivity contribution in [3.05, 3.63) is 54.2 Å². The Bertz CT molecular complexity index is 1440. The number of nitrogens with two attached hydrogens (primary N) is 1. The van der Waals surface area contributed by atoms with Gasteiger partial charge in [-0.3, -0.25) is 9.69 Å². The van der Waals surface area contributed by atoms with Crippen LogP contribution in [0, 0.1) is 0 Å². The normalized spacial score (nSPS) is 24.3. The van der Waals surface area contributed by atoms with Gasteiger partial charge in [-0.05, 0) is 56.9 Å². The van der Waals surface area contributed by atoms with E-state index in [1.54, 1.807) is 0 Å². The summed E-state index contributed by atoms with van der Waals surface area (Å²) in [7, 11) is 0. The molecule has 1 saturated heterocycles. The third kappa shape index (κ3) is 6.05. The molecule has 0 bridgehead atoms. The molecule has 7 rings (SSSR count). The molecule has 4 N–H and O–H groups in total. The molecule has 4 heterocycles. The van der Waals surface area contributed by atoms with Gasteiger partial charge in [0.15, 0.2) is 17.0 Å². The lowest BCUT2D eigenvalue weighted by atomic mass is 9.92. The summed E-state index contributed by atoms with van der Waals surface area (Å²) in [5, 5.41) is 7.37. The molecule has 11 nitrogen and oxygen atoms in total. The van der Waals surface area contributed by atoms with E-state index in [1.165, 1.54) is 19.1 Å². The van der Waals surface area contributed by atoms with Crippen molar-refractivity contribution in [1.82, 2.24) is 24.4 Å². The lowest BCUT2D eigenvalue weighted by Crippen LogP contribution is -2.44. The Hall–Kier alpha value is -3.70. The Morgan fingerprint density at radius 2 is 1.67 bits per heavy atom. The van der Waals surface area contributed by atoms with Crippen LogP contribution in [0.25, 0.3) is 11.2 Å². The molecule has 4 aliphatic rings. The van der Waals surface area contributed by atoms with Crippen molar-refractivity contribution in [3.63, 3.8) is 0 Å². The van der Waals surface area contributed by atoms with Crippen LogP contribution in [-0.2, 0) is 14.3 Å². The van der Waals surface area contributed by atoms with Gasteiger partial charge < -0.3 is 30.4 Å². The summed E-state index contributed by atoms with van der Waals surface area (Å²) >= 11 is 0. The van der Waals surface area contributed by atoms with Crippen LogP contribution < -0.4 is 16.4 Å². The van der Waals surface area contributed by atoms with Crippen LogP contribution in [0.2, 0.25) is 0 Å². The highest BCUT2D eigenvalue weighted by atomic mass is 16.7. The summed E-state index contributed by atoms with van der Waals surface area (Å²) in [6.45, 7) is 1.61. The number of ether oxygens (including phenoxy) is 2. The van der Waals surface area contributed by atoms with Gasteiger partial charge in [0.1, 0.15) is 12.3 Å². The molecule has 1 unspecified atom stereocenters. The third-order valence-electron chi connectivity index (χ3n) is 9.56. The van der Waals surface area contributed by atoms with Gasteiger partial charge in [-0.2, -0.15) is 9.97 Å². The highest BCUT2D eigenvalue weighted by Gasteiger charge is 2.35. The summed E-state index contributed by atoms with van der Waals surface area (Å²) in [6, 6.07) is 10.8. The number of likely N-dealkylation sites (tertiary alicyclic amines) is 1. The number of aromatic nitrogens is 4. The molecule has 43 heavy (non-hydrogen) atoms. The quantitative estimate of drug-likeness (QED) is 0.325. The highest BCUT2D eigenvalue weighted by molar-refractivity contribution is 5.98. The van der Waals surface area contributed by atoms with Gasteiger partial charge in [0.25, 0.3) is 0 Å². The summed E-state index contributed by atoms with van der Waals surface area (Å²) in [5.74, 6) is 1.67. The van der Waals surface area contributed by atoms with Gasteiger partial charge in [-0.25, -0.2) is 4.98 Å². The SMILES string of the molecule is NC1CCC(Nc2nc(NC3CCN(C(C(=O)C4=COCO4)c4ccccc4)CC3)c3ncn(C4CCCC4)c3n2)CC1. The molecule has 228 valence electrons. The van der Waals surface area contributed by atoms with Gasteiger partial charge in [0, 0.05) is 37.3 Å². The first-order chi connectivity index (χ1) is 21.1. The number of imidazole rings is 1. The minimum absolute atomic E-state index is 0.0653. The van der Waals surface area contributed by atoms with Crippen molar-refractivity contribution < 1.29 is 14.3 Å². The fourth-order valence-corrected chi connectivity index (χ4v) is 7.14. The number of hydrogen-bond acceptors (Lipinski definition) is 10. The Morgan fingerprint density at radius 3 is 2.40 bits per heavy atom. The van der Waals surface area contributed by atoms with Crippen molar-refractivity contribution in [2.45, 2.75) is 94.4 Å². The van der Waals surface area contributed by atoms with Crippen LogP contribution in [0.3, 0.4) is 0 Å². The second-order valence-corrected chi connectivity index (χ2v) is 12.5. The average Bonchev–Trinajstić information content (AvgIpc) is 3.82. The monoisotopic (exact) mass is 586 g/mol. The van der Waals surface area contributed by atoms with Crippen molar-refractivity contribution in [3.8, 4) is 0 Å². The minimum atomic E-state index is -0.414. The topological polar surface area (TPSA) is 132 Å². The minimum Gasteiger partial charge on any atom is -0.461 e. The van der Waals surface area contributed by atoms with Gasteiger partial charge in [0.05, 0.1) is 6.33 Å². The van der Waals surface area contributed by atoms with Crippen LogP contribution in [0.1, 0.15) is 81.9 Å². The number of carbonyl (C=O) groups is 1. The van der Waals surface area contributed by atoms with Crippen LogP contribution in [0.5, 0.6) is 0 Å². The zero-order valence-electron chi connectivity index (χ0n) is 24.7. The van der Waals surface area contributed by atoms with E-state index < -0.39 is 6.04 Å². The summed E-state index contributed by atoms with van der Waals surface area (Å²) in [4.78, 5) is 30.6. The smallest absolute Gasteiger partial charge is 0.230 e. The molecular weight excluding hydrogens is 544 g/mol. The zero-order chi connectivity index (χ0) is 29.2. The fraction of sp³-hybridized carbons (Fsp3) is 0.562. The molecule has 11 heteroatoms. The largest absolute Gasteiger partial charge is 0.461 e. The first kappa shape index (κ1) is 28.1. The fourth-order valence-electron chi connectivity index (χ4n) is 7.14. The maximum atomic E-state index is 13.5. The number of carbonyl (C=O) groups excluding carboxylic acids is 1. The number of ketones is 1. The van der Waals surface area contributed by atoms with E-state index in [4.69, 9.17) is 30.2 Å². The zero-order valence-corrected chi connectivity index (χ0v) is 24.7. The summed E-state index contributed by atoms with van der Waals surface area (Å²) in [6.07, 6.45) is 14.0. The van der Waals surface area contributed by atoms with Gasteiger partial charge in [-0.15, -0.1) is 0 Å². The van der Waals surface area contributed by atoms with Gasteiger partial charge >= 0.3 is 0 Å². The summed E-state index contributed by atoms with van der Waals surface area (Å²) < 4.78 is 12.9. The molecule has 2 aromatic heterocycles. The van der Waals surface area contributed by atoms with E-state index in [0.717, 1.165) is 87.0 Å². The number of hydrogen-bond donors (Lipinski definition) is 3. The number of nitrogens with zero attached hydrogens (tertiary/aromatic N) is 5. The molecule has 2 aliphatic carbocycles. The number of nitrogens with one attached hydrogen (secondary N) is 2. The average molecular weight is 587 g/mol. The molecule has 2 aliphatic heterocycles. The van der Waals surface area contributed by atoms with Crippen molar-refractivity contribution in [2.75, 3.05) is 30.5 Å². The Morgan fingerprint density at radius 1 is 0.930 bits per heavy atom. The van der Waals surface area contributed by atoms with E-state index in [2.05, 4.69) is 20.1 Å². The first-order valence-corrected chi connectivity index (χ1v) is 15.9. The summed E-state index contributed by atoms with van der Waals surface area (Å²) in [5.41, 5.74) is 8.85. The van der Waals surface area contributed by atoms with Crippen molar-refractivity contribution >= 4 is 28.7 Å². The van der Waals surface area contributed by atoms with Crippen LogP contribution in [-0.4, -0.2) is 68.2 Å². The molecule has 0 amide bonds. The molecule has 0 radical (unpaired) electrons. The third-order valence-corrected chi connectivity index (χ3v) is 9.56. The van der Waals surface area contributed by atoms with E-state index in [1.807, 2.05) is 36.7 Å². The molecule has 1 aromatic carbocycles. The number of anilines is 2. The number of piperidine rings is 1. The van der Waals surface area contributed by atoms with Crippen LogP contribution in [0.4, 0.5) is 11.8 Å². The predicted octanol–water partition coefficient (Wildman–Crippen LogP) is 4.66. The Kier molecular flexibility index (Phi) is 8.16. The van der Waals surface area contributed by atoms with E-state index in [0.29, 0.717) is 24.1 Å². The van der Waals surface area contributed by atoms with Crippen LogP contribution >= 0.6 is 0 Å².